The van der Waals surface area contributed by atoms with Crippen LogP contribution in [0, 0.1) is 5.82 Å². The summed E-state index contributed by atoms with van der Waals surface area (Å²) in [6.45, 7) is 4.00. The van der Waals surface area contributed by atoms with Gasteiger partial charge in [0.2, 0.25) is 10.0 Å². The van der Waals surface area contributed by atoms with Crippen LogP contribution in [0.5, 0.6) is 0 Å². The Morgan fingerprint density at radius 2 is 1.91 bits per heavy atom. The highest BCUT2D eigenvalue weighted by Crippen LogP contribution is 2.41. The van der Waals surface area contributed by atoms with Crippen LogP contribution in [0.2, 0.25) is 5.02 Å². The van der Waals surface area contributed by atoms with Crippen molar-refractivity contribution in [3.8, 4) is 0 Å². The molecule has 2 N–H and O–H groups in total. The van der Waals surface area contributed by atoms with Crippen LogP contribution < -0.4 is 4.72 Å². The number of nitrogens with one attached hydrogen (secondary N) is 1. The van der Waals surface area contributed by atoms with Crippen molar-refractivity contribution in [2.24, 2.45) is 0 Å². The summed E-state index contributed by atoms with van der Waals surface area (Å²) in [5.74, 6) is -4.17. The molecule has 1 spiro atoms. The molecular weight excluding hydrogens is 469 g/mol. The molecule has 176 valence electrons. The minimum absolute atomic E-state index is 0.0486. The van der Waals surface area contributed by atoms with Crippen LogP contribution in [0.1, 0.15) is 26.7 Å². The van der Waals surface area contributed by atoms with Crippen LogP contribution in [-0.4, -0.2) is 61.7 Å². The molecule has 12 heteroatoms. The fourth-order valence-corrected chi connectivity index (χ4v) is 5.87. The van der Waals surface area contributed by atoms with Gasteiger partial charge in [0.15, 0.2) is 11.6 Å². The topological polar surface area (TPSA) is 120 Å². The normalized spacial score (nSPS) is 32.1. The predicted octanol–water partition coefficient (Wildman–Crippen LogP) is 2.66. The summed E-state index contributed by atoms with van der Waals surface area (Å²) >= 11 is 5.91. The van der Waals surface area contributed by atoms with Crippen molar-refractivity contribution in [3.05, 3.63) is 40.7 Å². The molecule has 0 radical (unpaired) electrons. The molecule has 0 bridgehead atoms. The maximum atomic E-state index is 13.3. The zero-order valence-corrected chi connectivity index (χ0v) is 18.9. The van der Waals surface area contributed by atoms with E-state index in [1.807, 2.05) is 0 Å². The molecule has 2 unspecified atom stereocenters. The second-order valence-corrected chi connectivity index (χ2v) is 10.6. The van der Waals surface area contributed by atoms with Crippen molar-refractivity contribution in [1.29, 1.82) is 0 Å². The van der Waals surface area contributed by atoms with E-state index < -0.39 is 50.8 Å². The molecule has 0 saturated carbocycles. The van der Waals surface area contributed by atoms with Crippen molar-refractivity contribution in [3.63, 3.8) is 0 Å². The molecule has 1 aliphatic carbocycles. The zero-order chi connectivity index (χ0) is 23.3. The van der Waals surface area contributed by atoms with Gasteiger partial charge in [0.25, 0.3) is 0 Å². The average molecular weight is 492 g/mol. The van der Waals surface area contributed by atoms with E-state index in [9.17, 15) is 22.7 Å². The molecule has 1 aromatic carbocycles. The fourth-order valence-electron chi connectivity index (χ4n) is 4.04. The van der Waals surface area contributed by atoms with Crippen molar-refractivity contribution in [1.82, 2.24) is 0 Å². The molecule has 4 rings (SSSR count). The summed E-state index contributed by atoms with van der Waals surface area (Å²) in [6.07, 6.45) is 0.352. The number of halogens is 2. The molecule has 32 heavy (non-hydrogen) atoms. The number of hydrogen-bond acceptors (Lipinski definition) is 7. The van der Waals surface area contributed by atoms with E-state index in [1.54, 1.807) is 13.8 Å². The Labute approximate surface area is 189 Å². The summed E-state index contributed by atoms with van der Waals surface area (Å²) in [7, 11) is -4.22. The number of sulfonamides is 1. The molecular formula is C20H23ClFNO8S. The standard InChI is InChI=1S/C20H23ClFNO8S/c1-19(2)28-9-15(30-19)16-10-29-20(31-16)6-5-17(12(8-20)18(24)25)32(26,27)23-14-4-3-11(22)7-13(14)21/h3-4,7-8,15-17,23H,5-6,9-10H2,1-2H3,(H,24,25)/t15-,16-,17?,20?/m1/s1. The van der Waals surface area contributed by atoms with E-state index in [0.717, 1.165) is 12.1 Å². The first-order valence-electron chi connectivity index (χ1n) is 9.96. The molecule has 9 nitrogen and oxygen atoms in total. The van der Waals surface area contributed by atoms with Crippen molar-refractivity contribution < 1.29 is 41.7 Å². The number of hydrogen-bond donors (Lipinski definition) is 2. The van der Waals surface area contributed by atoms with Gasteiger partial charge in [0.1, 0.15) is 23.3 Å². The third-order valence-corrected chi connectivity index (χ3v) is 7.63. The van der Waals surface area contributed by atoms with Crippen molar-refractivity contribution in [2.75, 3.05) is 17.9 Å². The van der Waals surface area contributed by atoms with Crippen molar-refractivity contribution >= 4 is 33.3 Å². The van der Waals surface area contributed by atoms with E-state index in [2.05, 4.69) is 4.72 Å². The van der Waals surface area contributed by atoms with E-state index in [4.69, 9.17) is 30.5 Å². The predicted molar refractivity (Wildman–Crippen MR) is 111 cm³/mol. The van der Waals surface area contributed by atoms with Crippen LogP contribution >= 0.6 is 11.6 Å². The maximum Gasteiger partial charge on any atom is 0.332 e. The molecule has 2 heterocycles. The number of ether oxygens (including phenoxy) is 4. The molecule has 1 aromatic rings. The number of aliphatic carboxylic acids is 1. The third-order valence-electron chi connectivity index (χ3n) is 5.57. The van der Waals surface area contributed by atoms with E-state index in [-0.39, 0.29) is 35.7 Å². The lowest BCUT2D eigenvalue weighted by atomic mass is 9.94. The second kappa shape index (κ2) is 8.23. The van der Waals surface area contributed by atoms with Gasteiger partial charge < -0.3 is 24.1 Å². The highest BCUT2D eigenvalue weighted by atomic mass is 35.5. The van der Waals surface area contributed by atoms with Crippen LogP contribution in [0.15, 0.2) is 29.8 Å². The van der Waals surface area contributed by atoms with Crippen LogP contribution in [0.25, 0.3) is 0 Å². The lowest BCUT2D eigenvalue weighted by molar-refractivity contribution is -0.174. The SMILES string of the molecule is CC1(C)OC[C@H]([C@H]2COC3(C=C(C(=O)O)C(S(=O)(=O)Nc4ccc(F)cc4Cl)CC3)O2)O1. The fraction of sp³-hybridized carbons (Fsp3) is 0.550. The Balaban J connectivity index is 1.55. The monoisotopic (exact) mass is 491 g/mol. The van der Waals surface area contributed by atoms with Gasteiger partial charge in [-0.3, -0.25) is 4.72 Å². The lowest BCUT2D eigenvalue weighted by Crippen LogP contribution is -2.43. The van der Waals surface area contributed by atoms with Gasteiger partial charge in [-0.2, -0.15) is 0 Å². The van der Waals surface area contributed by atoms with Crippen LogP contribution in [-0.2, 0) is 33.8 Å². The molecule has 2 aliphatic heterocycles. The molecule has 4 atom stereocenters. The van der Waals surface area contributed by atoms with E-state index in [1.165, 1.54) is 12.1 Å². The number of carboxylic acids is 1. The summed E-state index contributed by atoms with van der Waals surface area (Å²) in [6, 6.07) is 3.17. The summed E-state index contributed by atoms with van der Waals surface area (Å²) in [5, 5.41) is 8.20. The average Bonchev–Trinajstić information content (AvgIpc) is 3.27. The summed E-state index contributed by atoms with van der Waals surface area (Å²) in [4.78, 5) is 11.9. The van der Waals surface area contributed by atoms with E-state index >= 15 is 0 Å². The Morgan fingerprint density at radius 1 is 1.22 bits per heavy atom. The number of carboxylic acid groups (broad SMARTS) is 1. The zero-order valence-electron chi connectivity index (χ0n) is 17.3. The Bertz CT molecular complexity index is 1060. The van der Waals surface area contributed by atoms with Crippen LogP contribution in [0.4, 0.5) is 10.1 Å². The maximum absolute atomic E-state index is 13.3. The van der Waals surface area contributed by atoms with Gasteiger partial charge in [-0.25, -0.2) is 17.6 Å². The Kier molecular flexibility index (Phi) is 6.02. The molecule has 0 amide bonds. The summed E-state index contributed by atoms with van der Waals surface area (Å²) < 4.78 is 64.6. The quantitative estimate of drug-likeness (QED) is 0.645. The molecule has 2 saturated heterocycles. The minimum atomic E-state index is -4.22. The van der Waals surface area contributed by atoms with Gasteiger partial charge in [-0.05, 0) is 44.5 Å². The second-order valence-electron chi connectivity index (χ2n) is 8.35. The highest BCUT2D eigenvalue weighted by molar-refractivity contribution is 7.93. The van der Waals surface area contributed by atoms with Crippen molar-refractivity contribution in [2.45, 2.75) is 55.7 Å². The lowest BCUT2D eigenvalue weighted by Gasteiger charge is -2.33. The minimum Gasteiger partial charge on any atom is -0.478 e. The summed E-state index contributed by atoms with van der Waals surface area (Å²) in [5.41, 5.74) is -0.431. The van der Waals surface area contributed by atoms with Gasteiger partial charge >= 0.3 is 5.97 Å². The first kappa shape index (κ1) is 23.4. The Hall–Kier alpha value is -1.76. The number of anilines is 1. The van der Waals surface area contributed by atoms with Gasteiger partial charge in [-0.15, -0.1) is 0 Å². The number of benzene rings is 1. The van der Waals surface area contributed by atoms with Gasteiger partial charge in [-0.1, -0.05) is 11.6 Å². The number of rotatable bonds is 5. The molecule has 3 aliphatic rings. The number of carbonyl (C=O) groups is 1. The first-order chi connectivity index (χ1) is 14.9. The van der Waals surface area contributed by atoms with Gasteiger partial charge in [0, 0.05) is 6.42 Å². The Morgan fingerprint density at radius 3 is 2.53 bits per heavy atom. The van der Waals surface area contributed by atoms with E-state index in [0.29, 0.717) is 6.61 Å². The van der Waals surface area contributed by atoms with Crippen LogP contribution in [0.3, 0.4) is 0 Å². The third kappa shape index (κ3) is 4.63. The molecule has 2 fully saturated rings. The smallest absolute Gasteiger partial charge is 0.332 e. The molecule has 0 aromatic heterocycles. The first-order valence-corrected chi connectivity index (χ1v) is 11.9. The highest BCUT2D eigenvalue weighted by Gasteiger charge is 2.51. The largest absolute Gasteiger partial charge is 0.478 e. The van der Waals surface area contributed by atoms with Gasteiger partial charge in [0.05, 0.1) is 29.5 Å².